The number of rotatable bonds is 3. The number of fused-ring (bicyclic) bond motifs is 2. The molecule has 5 rings (SSSR count). The molecule has 1 aliphatic heterocycles. The molecule has 10 heteroatoms. The van der Waals surface area contributed by atoms with Crippen LogP contribution in [-0.2, 0) is 9.84 Å². The summed E-state index contributed by atoms with van der Waals surface area (Å²) in [5.41, 5.74) is 0.966. The Morgan fingerprint density at radius 1 is 0.862 bits per heavy atom. The lowest BCUT2D eigenvalue weighted by molar-refractivity contribution is 0.602. The largest absolute Gasteiger partial charge is 0.345 e. The molecule has 0 bridgehead atoms. The fraction of sp³-hybridized carbons (Fsp3) is 0.263. The molecule has 0 radical (unpaired) electrons. The van der Waals surface area contributed by atoms with Gasteiger partial charge in [0.15, 0.2) is 20.1 Å². The van der Waals surface area contributed by atoms with Crippen LogP contribution in [0.2, 0.25) is 0 Å². The van der Waals surface area contributed by atoms with Crippen molar-refractivity contribution in [1.82, 2.24) is 9.97 Å². The zero-order valence-corrected chi connectivity index (χ0v) is 18.0. The third-order valence-electron chi connectivity index (χ3n) is 4.95. The highest BCUT2D eigenvalue weighted by atomic mass is 32.2. The third-order valence-corrected chi connectivity index (χ3v) is 8.24. The van der Waals surface area contributed by atoms with Gasteiger partial charge in [-0.1, -0.05) is 34.8 Å². The quantitative estimate of drug-likeness (QED) is 0.475. The van der Waals surface area contributed by atoms with Crippen molar-refractivity contribution in [2.45, 2.75) is 4.90 Å². The van der Waals surface area contributed by atoms with E-state index in [1.807, 2.05) is 12.1 Å². The van der Waals surface area contributed by atoms with E-state index in [1.54, 1.807) is 18.2 Å². The molecule has 2 aromatic carbocycles. The van der Waals surface area contributed by atoms with Crippen LogP contribution in [-0.4, -0.2) is 50.8 Å². The molecule has 0 aliphatic carbocycles. The number of hydrogen-bond acceptors (Lipinski definition) is 8. The standard InChI is InChI=1S/C19H17FN4O2S3/c1-29(25,26)15-7-3-6-14-17(15)22-19(28-14)24-10-8-23(9-11-24)18-21-16-12(20)4-2-5-13(16)27-18/h2-7H,8-11H2,1H3. The van der Waals surface area contributed by atoms with Crippen LogP contribution in [0, 0.1) is 5.82 Å². The van der Waals surface area contributed by atoms with Gasteiger partial charge in [-0.15, -0.1) is 0 Å². The molecule has 0 unspecified atom stereocenters. The van der Waals surface area contributed by atoms with Gasteiger partial charge < -0.3 is 9.80 Å². The number of para-hydroxylation sites is 2. The molecule has 1 saturated heterocycles. The van der Waals surface area contributed by atoms with Crippen LogP contribution in [0.3, 0.4) is 0 Å². The summed E-state index contributed by atoms with van der Waals surface area (Å²) in [7, 11) is -3.33. The van der Waals surface area contributed by atoms with Crippen molar-refractivity contribution in [3.05, 3.63) is 42.2 Å². The molecule has 0 spiro atoms. The highest BCUT2D eigenvalue weighted by Crippen LogP contribution is 2.34. The molecular weight excluding hydrogens is 431 g/mol. The minimum Gasteiger partial charge on any atom is -0.345 e. The van der Waals surface area contributed by atoms with Gasteiger partial charge in [0.2, 0.25) is 0 Å². The zero-order chi connectivity index (χ0) is 20.2. The Morgan fingerprint density at radius 3 is 1.93 bits per heavy atom. The van der Waals surface area contributed by atoms with Crippen molar-refractivity contribution in [3.63, 3.8) is 0 Å². The minimum atomic E-state index is -3.33. The SMILES string of the molecule is CS(=O)(=O)c1cccc2sc(N3CCN(c4nc5c(F)cccc5s4)CC3)nc12. The highest BCUT2D eigenvalue weighted by Gasteiger charge is 2.24. The molecule has 0 atom stereocenters. The molecule has 0 amide bonds. The molecule has 150 valence electrons. The maximum absolute atomic E-state index is 13.9. The predicted octanol–water partition coefficient (Wildman–Crippen LogP) is 3.78. The van der Waals surface area contributed by atoms with Gasteiger partial charge in [-0.2, -0.15) is 0 Å². The van der Waals surface area contributed by atoms with Crippen molar-refractivity contribution in [3.8, 4) is 0 Å². The Balaban J connectivity index is 1.38. The monoisotopic (exact) mass is 448 g/mol. The molecule has 1 fully saturated rings. The lowest BCUT2D eigenvalue weighted by Crippen LogP contribution is -2.46. The van der Waals surface area contributed by atoms with Crippen LogP contribution in [0.1, 0.15) is 0 Å². The van der Waals surface area contributed by atoms with Crippen LogP contribution in [0.5, 0.6) is 0 Å². The topological polar surface area (TPSA) is 66.4 Å². The molecule has 0 saturated carbocycles. The molecular formula is C19H17FN4O2S3. The first-order valence-electron chi connectivity index (χ1n) is 9.05. The maximum Gasteiger partial charge on any atom is 0.186 e. The van der Waals surface area contributed by atoms with Gasteiger partial charge in [-0.05, 0) is 24.3 Å². The molecule has 2 aromatic heterocycles. The Kier molecular flexibility index (Phi) is 4.45. The van der Waals surface area contributed by atoms with Gasteiger partial charge >= 0.3 is 0 Å². The fourth-order valence-electron chi connectivity index (χ4n) is 3.47. The van der Waals surface area contributed by atoms with E-state index in [-0.39, 0.29) is 10.7 Å². The van der Waals surface area contributed by atoms with Crippen LogP contribution in [0.15, 0.2) is 41.3 Å². The summed E-state index contributed by atoms with van der Waals surface area (Å²) in [5.74, 6) is -0.292. The first-order chi connectivity index (χ1) is 13.9. The highest BCUT2D eigenvalue weighted by molar-refractivity contribution is 7.91. The van der Waals surface area contributed by atoms with Gasteiger partial charge in [0.05, 0.1) is 14.3 Å². The van der Waals surface area contributed by atoms with Crippen LogP contribution >= 0.6 is 22.7 Å². The number of thiazole rings is 2. The van der Waals surface area contributed by atoms with E-state index in [1.165, 1.54) is 35.0 Å². The molecule has 6 nitrogen and oxygen atoms in total. The average Bonchev–Trinajstić information content (AvgIpc) is 3.32. The molecule has 1 aliphatic rings. The van der Waals surface area contributed by atoms with Gasteiger partial charge in [-0.25, -0.2) is 22.8 Å². The Hall–Kier alpha value is -2.30. The lowest BCUT2D eigenvalue weighted by atomic mass is 10.3. The number of halogens is 1. The smallest absolute Gasteiger partial charge is 0.186 e. The summed E-state index contributed by atoms with van der Waals surface area (Å²) in [6.07, 6.45) is 1.21. The first-order valence-corrected chi connectivity index (χ1v) is 12.6. The minimum absolute atomic E-state index is 0.271. The fourth-order valence-corrected chi connectivity index (χ4v) is 6.45. The Morgan fingerprint density at radius 2 is 1.38 bits per heavy atom. The second-order valence-corrected chi connectivity index (χ2v) is 10.9. The zero-order valence-electron chi connectivity index (χ0n) is 15.5. The average molecular weight is 449 g/mol. The normalized spacial score (nSPS) is 15.5. The number of aromatic nitrogens is 2. The second-order valence-electron chi connectivity index (χ2n) is 6.93. The van der Waals surface area contributed by atoms with Crippen molar-refractivity contribution < 1.29 is 12.8 Å². The predicted molar refractivity (Wildman–Crippen MR) is 117 cm³/mol. The van der Waals surface area contributed by atoms with E-state index >= 15 is 0 Å². The summed E-state index contributed by atoms with van der Waals surface area (Å²) < 4.78 is 39.7. The van der Waals surface area contributed by atoms with Crippen molar-refractivity contribution in [2.75, 3.05) is 42.2 Å². The van der Waals surface area contributed by atoms with Gasteiger partial charge in [0.1, 0.15) is 16.9 Å². The van der Waals surface area contributed by atoms with E-state index in [0.29, 0.717) is 11.0 Å². The Labute approximate surface area is 175 Å². The molecule has 4 aromatic rings. The van der Waals surface area contributed by atoms with Crippen molar-refractivity contribution in [2.24, 2.45) is 0 Å². The number of piperazine rings is 1. The Bertz CT molecular complexity index is 1320. The third kappa shape index (κ3) is 3.34. The number of benzene rings is 2. The number of sulfone groups is 1. The molecule has 0 N–H and O–H groups in total. The van der Waals surface area contributed by atoms with Gasteiger partial charge in [0.25, 0.3) is 0 Å². The summed E-state index contributed by atoms with van der Waals surface area (Å²) >= 11 is 3.01. The number of hydrogen-bond donors (Lipinski definition) is 0. The molecule has 29 heavy (non-hydrogen) atoms. The van der Waals surface area contributed by atoms with Crippen molar-refractivity contribution in [1.29, 1.82) is 0 Å². The van der Waals surface area contributed by atoms with Gasteiger partial charge in [0, 0.05) is 32.4 Å². The summed E-state index contributed by atoms with van der Waals surface area (Å²) in [6.45, 7) is 2.98. The van der Waals surface area contributed by atoms with Crippen LogP contribution in [0.25, 0.3) is 20.4 Å². The first kappa shape index (κ1) is 18.7. The molecule has 3 heterocycles. The van der Waals surface area contributed by atoms with E-state index in [0.717, 1.165) is 45.8 Å². The van der Waals surface area contributed by atoms with E-state index < -0.39 is 9.84 Å². The van der Waals surface area contributed by atoms with E-state index in [9.17, 15) is 12.8 Å². The van der Waals surface area contributed by atoms with Crippen LogP contribution < -0.4 is 9.80 Å². The van der Waals surface area contributed by atoms with Gasteiger partial charge in [-0.3, -0.25) is 0 Å². The lowest BCUT2D eigenvalue weighted by Gasteiger charge is -2.34. The maximum atomic E-state index is 13.9. The van der Waals surface area contributed by atoms with Crippen LogP contribution in [0.4, 0.5) is 14.7 Å². The summed E-state index contributed by atoms with van der Waals surface area (Å²) in [6, 6.07) is 10.3. The van der Waals surface area contributed by atoms with Crippen molar-refractivity contribution >= 4 is 63.2 Å². The van der Waals surface area contributed by atoms with E-state index in [2.05, 4.69) is 19.8 Å². The number of anilines is 2. The summed E-state index contributed by atoms with van der Waals surface area (Å²) in [5, 5.41) is 1.65. The number of nitrogens with zero attached hydrogens (tertiary/aromatic N) is 4. The summed E-state index contributed by atoms with van der Waals surface area (Å²) in [4.78, 5) is 13.7. The second kappa shape index (κ2) is 6.89. The van der Waals surface area contributed by atoms with E-state index in [4.69, 9.17) is 0 Å².